The third kappa shape index (κ3) is 6.41. The van der Waals surface area contributed by atoms with Gasteiger partial charge >= 0.3 is 6.18 Å². The number of nitrogens with zero attached hydrogens (tertiary/aromatic N) is 6. The molecule has 0 radical (unpaired) electrons. The number of aromatic nitrogens is 4. The van der Waals surface area contributed by atoms with E-state index in [0.717, 1.165) is 30.3 Å². The number of alkyl halides is 3. The monoisotopic (exact) mass is 600 g/mol. The first-order chi connectivity index (χ1) is 21.1. The van der Waals surface area contributed by atoms with Gasteiger partial charge in [0, 0.05) is 86.2 Å². The maximum atomic E-state index is 14.1. The zero-order valence-corrected chi connectivity index (χ0v) is 24.3. The van der Waals surface area contributed by atoms with E-state index in [1.807, 2.05) is 47.8 Å². The second-order valence-corrected chi connectivity index (χ2v) is 10.9. The van der Waals surface area contributed by atoms with Crippen molar-refractivity contribution in [1.82, 2.24) is 29.2 Å². The SMILES string of the molecule is Cc1ccc(C(=O)Nc2ccc(CN3CCN(C)CC3)c(C(F)(F)F)c2)cc1Nc1nc(-c2cccnc2)cn2ccnc12. The average Bonchev–Trinajstić information content (AvgIpc) is 3.49. The zero-order valence-electron chi connectivity index (χ0n) is 24.3. The topological polar surface area (TPSA) is 90.7 Å². The van der Waals surface area contributed by atoms with E-state index in [0.29, 0.717) is 35.9 Å². The maximum absolute atomic E-state index is 14.1. The molecule has 2 N–H and O–H groups in total. The zero-order chi connectivity index (χ0) is 30.8. The molecule has 12 heteroatoms. The van der Waals surface area contributed by atoms with Crippen molar-refractivity contribution >= 4 is 28.7 Å². The molecule has 1 amide bonds. The van der Waals surface area contributed by atoms with Crippen LogP contribution in [-0.4, -0.2) is 68.3 Å². The third-order valence-electron chi connectivity index (χ3n) is 7.75. The summed E-state index contributed by atoms with van der Waals surface area (Å²) in [7, 11) is 2.00. The lowest BCUT2D eigenvalue weighted by molar-refractivity contribution is -0.138. The molecule has 6 rings (SSSR count). The Bertz CT molecular complexity index is 1800. The van der Waals surface area contributed by atoms with Crippen molar-refractivity contribution in [2.75, 3.05) is 43.9 Å². The molecule has 5 aromatic rings. The van der Waals surface area contributed by atoms with E-state index in [4.69, 9.17) is 4.98 Å². The number of imidazole rings is 1. The van der Waals surface area contributed by atoms with Gasteiger partial charge in [-0.25, -0.2) is 9.97 Å². The number of halogens is 3. The fourth-order valence-corrected chi connectivity index (χ4v) is 5.20. The summed E-state index contributed by atoms with van der Waals surface area (Å²) in [6, 6.07) is 12.8. The van der Waals surface area contributed by atoms with E-state index in [-0.39, 0.29) is 23.4 Å². The van der Waals surface area contributed by atoms with Gasteiger partial charge in [0.2, 0.25) is 0 Å². The highest BCUT2D eigenvalue weighted by atomic mass is 19.4. The fourth-order valence-electron chi connectivity index (χ4n) is 5.20. The average molecular weight is 601 g/mol. The number of likely N-dealkylation sites (N-methyl/N-ethyl adjacent to an activating group) is 1. The molecule has 4 heterocycles. The van der Waals surface area contributed by atoms with Gasteiger partial charge in [0.1, 0.15) is 0 Å². The minimum absolute atomic E-state index is 0.0736. The van der Waals surface area contributed by atoms with Crippen molar-refractivity contribution in [2.24, 2.45) is 0 Å². The van der Waals surface area contributed by atoms with Crippen LogP contribution in [0, 0.1) is 6.92 Å². The Morgan fingerprint density at radius 1 is 1.02 bits per heavy atom. The number of carbonyl (C=O) groups is 1. The molecule has 0 aliphatic carbocycles. The molecule has 0 unspecified atom stereocenters. The molecule has 2 aromatic carbocycles. The molecule has 9 nitrogen and oxygen atoms in total. The number of hydrogen-bond donors (Lipinski definition) is 2. The summed E-state index contributed by atoms with van der Waals surface area (Å²) < 4.78 is 44.1. The number of fused-ring (bicyclic) bond motifs is 1. The van der Waals surface area contributed by atoms with Crippen molar-refractivity contribution < 1.29 is 18.0 Å². The minimum atomic E-state index is -4.56. The van der Waals surface area contributed by atoms with Crippen LogP contribution in [0.1, 0.15) is 27.0 Å². The van der Waals surface area contributed by atoms with Crippen molar-refractivity contribution in [3.63, 3.8) is 0 Å². The number of carbonyl (C=O) groups excluding carboxylic acids is 1. The Hall–Kier alpha value is -4.81. The number of amides is 1. The molecule has 1 saturated heterocycles. The van der Waals surface area contributed by atoms with Crippen molar-refractivity contribution in [3.05, 3.63) is 102 Å². The predicted molar refractivity (Wildman–Crippen MR) is 163 cm³/mol. The summed E-state index contributed by atoms with van der Waals surface area (Å²) in [5.74, 6) is -0.0567. The Balaban J connectivity index is 1.24. The summed E-state index contributed by atoms with van der Waals surface area (Å²) in [5.41, 5.74) is 3.32. The van der Waals surface area contributed by atoms with E-state index in [1.54, 1.807) is 36.8 Å². The summed E-state index contributed by atoms with van der Waals surface area (Å²) in [5, 5.41) is 5.95. The molecule has 0 atom stereocenters. The minimum Gasteiger partial charge on any atom is -0.337 e. The normalized spacial score (nSPS) is 14.6. The summed E-state index contributed by atoms with van der Waals surface area (Å²) in [6.45, 7) is 5.09. The van der Waals surface area contributed by atoms with Gasteiger partial charge in [0.15, 0.2) is 11.5 Å². The fraction of sp³-hybridized carbons (Fsp3) is 0.250. The van der Waals surface area contributed by atoms with Crippen LogP contribution in [0.4, 0.5) is 30.4 Å². The Morgan fingerprint density at radius 2 is 1.84 bits per heavy atom. The van der Waals surface area contributed by atoms with Gasteiger partial charge in [-0.3, -0.25) is 14.7 Å². The van der Waals surface area contributed by atoms with Gasteiger partial charge in [-0.1, -0.05) is 12.1 Å². The summed E-state index contributed by atoms with van der Waals surface area (Å²) in [4.78, 5) is 30.8. The predicted octanol–water partition coefficient (Wildman–Crippen LogP) is 5.86. The van der Waals surface area contributed by atoms with Crippen molar-refractivity contribution in [1.29, 1.82) is 0 Å². The Kier molecular flexibility index (Phi) is 8.02. The van der Waals surface area contributed by atoms with Crippen molar-refractivity contribution in [2.45, 2.75) is 19.6 Å². The lowest BCUT2D eigenvalue weighted by atomic mass is 10.0. The number of benzene rings is 2. The van der Waals surface area contributed by atoms with E-state index in [1.165, 1.54) is 12.1 Å². The molecule has 1 fully saturated rings. The van der Waals surface area contributed by atoms with Gasteiger partial charge < -0.3 is 19.9 Å². The van der Waals surface area contributed by atoms with Crippen LogP contribution in [0.5, 0.6) is 0 Å². The molecule has 0 bridgehead atoms. The highest BCUT2D eigenvalue weighted by Crippen LogP contribution is 2.35. The lowest BCUT2D eigenvalue weighted by Crippen LogP contribution is -2.44. The second-order valence-electron chi connectivity index (χ2n) is 10.9. The van der Waals surface area contributed by atoms with Crippen LogP contribution in [0.3, 0.4) is 0 Å². The van der Waals surface area contributed by atoms with Gasteiger partial charge in [0.05, 0.1) is 11.3 Å². The maximum Gasteiger partial charge on any atom is 0.416 e. The van der Waals surface area contributed by atoms with E-state index in [2.05, 4.69) is 25.5 Å². The first kappa shape index (κ1) is 29.3. The van der Waals surface area contributed by atoms with E-state index < -0.39 is 17.6 Å². The number of piperazine rings is 1. The van der Waals surface area contributed by atoms with Crippen LogP contribution in [-0.2, 0) is 12.7 Å². The molecule has 1 aliphatic rings. The first-order valence-corrected chi connectivity index (χ1v) is 14.2. The lowest BCUT2D eigenvalue weighted by Gasteiger charge is -2.33. The Labute approximate surface area is 252 Å². The Morgan fingerprint density at radius 3 is 2.59 bits per heavy atom. The van der Waals surface area contributed by atoms with Crippen LogP contribution >= 0.6 is 0 Å². The molecule has 0 spiro atoms. The van der Waals surface area contributed by atoms with Crippen LogP contribution in [0.15, 0.2) is 79.5 Å². The number of nitrogens with one attached hydrogen (secondary N) is 2. The van der Waals surface area contributed by atoms with Crippen LogP contribution in [0.25, 0.3) is 16.9 Å². The molecular weight excluding hydrogens is 569 g/mol. The summed E-state index contributed by atoms with van der Waals surface area (Å²) >= 11 is 0. The van der Waals surface area contributed by atoms with E-state index >= 15 is 0 Å². The molecule has 44 heavy (non-hydrogen) atoms. The standard InChI is InChI=1S/C32H31F3N8O/c1-21-5-6-22(16-27(21)39-29-30-37-10-11-43(30)20-28(40-29)23-4-3-9-36-18-23)31(44)38-25-8-7-24(26(17-25)32(33,34)35)19-42-14-12-41(2)13-15-42/h3-11,16-18,20H,12-15,19H2,1-2H3,(H,38,44)(H,39,40). The van der Waals surface area contributed by atoms with Crippen LogP contribution < -0.4 is 10.6 Å². The van der Waals surface area contributed by atoms with E-state index in [9.17, 15) is 18.0 Å². The highest BCUT2D eigenvalue weighted by Gasteiger charge is 2.34. The summed E-state index contributed by atoms with van der Waals surface area (Å²) in [6.07, 6.45) is 4.17. The number of rotatable bonds is 7. The van der Waals surface area contributed by atoms with Gasteiger partial charge in [0.25, 0.3) is 5.91 Å². The number of hydrogen-bond acceptors (Lipinski definition) is 7. The van der Waals surface area contributed by atoms with Crippen LogP contribution in [0.2, 0.25) is 0 Å². The largest absolute Gasteiger partial charge is 0.416 e. The second kappa shape index (κ2) is 12.1. The highest BCUT2D eigenvalue weighted by molar-refractivity contribution is 6.05. The number of pyridine rings is 1. The van der Waals surface area contributed by atoms with Gasteiger partial charge in [-0.15, -0.1) is 0 Å². The van der Waals surface area contributed by atoms with Crippen molar-refractivity contribution in [3.8, 4) is 11.3 Å². The third-order valence-corrected chi connectivity index (χ3v) is 7.75. The van der Waals surface area contributed by atoms with Gasteiger partial charge in [-0.05, 0) is 61.5 Å². The molecule has 1 aliphatic heterocycles. The number of anilines is 3. The first-order valence-electron chi connectivity index (χ1n) is 14.2. The number of aryl methyl sites for hydroxylation is 1. The molecule has 0 saturated carbocycles. The molecular formula is C32H31F3N8O. The molecule has 3 aromatic heterocycles. The molecule has 226 valence electrons. The quantitative estimate of drug-likeness (QED) is 0.242. The van der Waals surface area contributed by atoms with Gasteiger partial charge in [-0.2, -0.15) is 13.2 Å². The smallest absolute Gasteiger partial charge is 0.337 e.